The maximum absolute atomic E-state index is 12.9. The van der Waals surface area contributed by atoms with Crippen molar-refractivity contribution in [2.24, 2.45) is 5.92 Å². The van der Waals surface area contributed by atoms with Gasteiger partial charge < -0.3 is 0 Å². The molecule has 0 amide bonds. The zero-order chi connectivity index (χ0) is 23.0. The number of anilines is 1. The lowest BCUT2D eigenvalue weighted by Crippen LogP contribution is -2.36. The van der Waals surface area contributed by atoms with Crippen LogP contribution in [0.2, 0.25) is 0 Å². The second-order valence-electron chi connectivity index (χ2n) is 8.47. The van der Waals surface area contributed by atoms with Crippen LogP contribution in [0.3, 0.4) is 0 Å². The molecule has 170 valence electrons. The highest BCUT2D eigenvalue weighted by atomic mass is 32.2. The Bertz CT molecular complexity index is 1440. The molecule has 1 saturated heterocycles. The van der Waals surface area contributed by atoms with Crippen LogP contribution >= 0.6 is 0 Å². The van der Waals surface area contributed by atoms with Crippen molar-refractivity contribution in [2.45, 2.75) is 19.4 Å². The summed E-state index contributed by atoms with van der Waals surface area (Å²) in [4.78, 5) is 20.0. The first kappa shape index (κ1) is 21.5. The van der Waals surface area contributed by atoms with E-state index in [-0.39, 0.29) is 11.7 Å². The molecule has 3 heterocycles. The molecule has 0 bridgehead atoms. The zero-order valence-electron chi connectivity index (χ0n) is 18.1. The maximum Gasteiger partial charge on any atom is 0.229 e. The van der Waals surface area contributed by atoms with Crippen LogP contribution in [0.5, 0.6) is 0 Å². The molecule has 4 aromatic rings. The van der Waals surface area contributed by atoms with Crippen LogP contribution in [0.4, 0.5) is 5.69 Å². The molecular weight excluding hydrogens is 442 g/mol. The number of carbonyl (C=O) groups is 1. The molecule has 0 saturated carbocycles. The highest BCUT2D eigenvalue weighted by molar-refractivity contribution is 7.92. The highest BCUT2D eigenvalue weighted by Crippen LogP contribution is 2.25. The van der Waals surface area contributed by atoms with Crippen molar-refractivity contribution in [3.05, 3.63) is 59.8 Å². The van der Waals surface area contributed by atoms with Gasteiger partial charge in [-0.1, -0.05) is 6.07 Å². The molecule has 0 atom stereocenters. The van der Waals surface area contributed by atoms with E-state index >= 15 is 0 Å². The Hall–Kier alpha value is -3.37. The van der Waals surface area contributed by atoms with Crippen molar-refractivity contribution in [3.63, 3.8) is 0 Å². The number of ketones is 1. The lowest BCUT2D eigenvalue weighted by Gasteiger charge is -2.31. The number of sulfonamides is 1. The van der Waals surface area contributed by atoms with E-state index in [1.165, 1.54) is 0 Å². The van der Waals surface area contributed by atoms with Gasteiger partial charge in [0.15, 0.2) is 5.78 Å². The summed E-state index contributed by atoms with van der Waals surface area (Å²) in [5.74, 6) is 0.130. The van der Waals surface area contributed by atoms with Crippen LogP contribution in [0, 0.1) is 5.92 Å². The summed E-state index contributed by atoms with van der Waals surface area (Å²) in [5, 5.41) is 8.48. The molecule has 10 heteroatoms. The normalized spacial score (nSPS) is 15.8. The van der Waals surface area contributed by atoms with Crippen LogP contribution in [-0.2, 0) is 16.6 Å². The minimum Gasteiger partial charge on any atom is -0.297 e. The number of likely N-dealkylation sites (tertiary alicyclic amines) is 1. The van der Waals surface area contributed by atoms with Gasteiger partial charge in [0.25, 0.3) is 0 Å². The van der Waals surface area contributed by atoms with Crippen molar-refractivity contribution >= 4 is 43.4 Å². The average molecular weight is 466 g/mol. The second kappa shape index (κ2) is 8.53. The molecule has 1 N–H and O–H groups in total. The number of fused-ring (bicyclic) bond motifs is 2. The molecule has 1 fully saturated rings. The molecule has 1 aliphatic rings. The third-order valence-electron chi connectivity index (χ3n) is 5.93. The fourth-order valence-electron chi connectivity index (χ4n) is 4.29. The smallest absolute Gasteiger partial charge is 0.229 e. The van der Waals surface area contributed by atoms with Gasteiger partial charge in [0.2, 0.25) is 10.0 Å². The van der Waals surface area contributed by atoms with E-state index in [1.807, 2.05) is 18.2 Å². The minimum absolute atomic E-state index is 0.0103. The number of pyridine rings is 1. The van der Waals surface area contributed by atoms with Crippen molar-refractivity contribution in [2.75, 3.05) is 24.1 Å². The number of piperidine rings is 1. The van der Waals surface area contributed by atoms with E-state index in [2.05, 4.69) is 19.9 Å². The van der Waals surface area contributed by atoms with E-state index in [0.717, 1.165) is 48.8 Å². The minimum atomic E-state index is -3.32. The van der Waals surface area contributed by atoms with E-state index in [4.69, 9.17) is 9.61 Å². The van der Waals surface area contributed by atoms with Crippen LogP contribution in [-0.4, -0.2) is 53.7 Å². The Kier molecular flexibility index (Phi) is 5.55. The lowest BCUT2D eigenvalue weighted by molar-refractivity contribution is 0.0834. The van der Waals surface area contributed by atoms with E-state index < -0.39 is 10.0 Å². The summed E-state index contributed by atoms with van der Waals surface area (Å²) >= 11 is 0. The summed E-state index contributed by atoms with van der Waals surface area (Å²) in [6.45, 7) is 2.35. The molecule has 2 aromatic carbocycles. The Morgan fingerprint density at radius 1 is 1.03 bits per heavy atom. The van der Waals surface area contributed by atoms with Gasteiger partial charge in [-0.2, -0.15) is 0 Å². The van der Waals surface area contributed by atoms with Gasteiger partial charge in [0, 0.05) is 29.1 Å². The number of Topliss-reactive ketones (excluding diaryl/α,β-unsaturated/α-hetero) is 1. The molecule has 0 spiro atoms. The fourth-order valence-corrected chi connectivity index (χ4v) is 4.84. The van der Waals surface area contributed by atoms with Crippen LogP contribution < -0.4 is 4.72 Å². The number of nitrogens with one attached hydrogen (secondary N) is 1. The predicted octanol–water partition coefficient (Wildman–Crippen LogP) is 3.24. The standard InChI is InChI=1S/C23H23N5O4S/c1-33(30,31)27-18-5-7-20-16(12-18)2-4-19(24-20)14-28-10-8-15(9-11-28)23(29)17-3-6-21-22(13-17)26-32-25-21/h2-7,12-13,15,27H,8-11,14H2,1H3. The van der Waals surface area contributed by atoms with Gasteiger partial charge in [-0.15, -0.1) is 0 Å². The predicted molar refractivity (Wildman–Crippen MR) is 124 cm³/mol. The summed E-state index contributed by atoms with van der Waals surface area (Å²) in [6.07, 6.45) is 2.71. The monoisotopic (exact) mass is 465 g/mol. The zero-order valence-corrected chi connectivity index (χ0v) is 18.9. The summed E-state index contributed by atoms with van der Waals surface area (Å²) in [6, 6.07) is 14.5. The number of hydrogen-bond acceptors (Lipinski definition) is 8. The van der Waals surface area contributed by atoms with Crippen molar-refractivity contribution < 1.29 is 17.8 Å². The molecule has 2 aromatic heterocycles. The third kappa shape index (κ3) is 4.86. The van der Waals surface area contributed by atoms with Crippen molar-refractivity contribution in [1.82, 2.24) is 20.2 Å². The Morgan fingerprint density at radius 2 is 1.79 bits per heavy atom. The quantitative estimate of drug-likeness (QED) is 0.431. The van der Waals surface area contributed by atoms with Gasteiger partial charge >= 0.3 is 0 Å². The number of benzene rings is 2. The first-order chi connectivity index (χ1) is 15.8. The van der Waals surface area contributed by atoms with Gasteiger partial charge in [-0.05, 0) is 78.7 Å². The molecule has 0 unspecified atom stereocenters. The Balaban J connectivity index is 1.21. The molecule has 1 aliphatic heterocycles. The summed E-state index contributed by atoms with van der Waals surface area (Å²) < 4.78 is 30.1. The number of rotatable bonds is 6. The van der Waals surface area contributed by atoms with Crippen LogP contribution in [0.1, 0.15) is 28.9 Å². The fraction of sp³-hybridized carbons (Fsp3) is 0.304. The van der Waals surface area contributed by atoms with Gasteiger partial charge in [-0.25, -0.2) is 13.0 Å². The van der Waals surface area contributed by atoms with E-state index in [9.17, 15) is 13.2 Å². The van der Waals surface area contributed by atoms with E-state index in [0.29, 0.717) is 28.8 Å². The molecular formula is C23H23N5O4S. The van der Waals surface area contributed by atoms with Gasteiger partial charge in [0.1, 0.15) is 11.0 Å². The summed E-state index contributed by atoms with van der Waals surface area (Å²) in [5.41, 5.74) is 4.17. The third-order valence-corrected chi connectivity index (χ3v) is 6.54. The summed E-state index contributed by atoms with van der Waals surface area (Å²) in [7, 11) is -3.32. The Labute approximate surface area is 190 Å². The van der Waals surface area contributed by atoms with Crippen molar-refractivity contribution in [3.8, 4) is 0 Å². The number of carbonyl (C=O) groups excluding carboxylic acids is 1. The van der Waals surface area contributed by atoms with Crippen LogP contribution in [0.15, 0.2) is 53.2 Å². The first-order valence-corrected chi connectivity index (χ1v) is 12.6. The molecule has 33 heavy (non-hydrogen) atoms. The number of nitrogens with zero attached hydrogens (tertiary/aromatic N) is 4. The Morgan fingerprint density at radius 3 is 2.58 bits per heavy atom. The highest BCUT2D eigenvalue weighted by Gasteiger charge is 2.26. The number of aromatic nitrogens is 3. The van der Waals surface area contributed by atoms with Gasteiger partial charge in [0.05, 0.1) is 17.5 Å². The largest absolute Gasteiger partial charge is 0.297 e. The molecule has 0 radical (unpaired) electrons. The second-order valence-corrected chi connectivity index (χ2v) is 10.2. The molecule has 9 nitrogen and oxygen atoms in total. The molecule has 0 aliphatic carbocycles. The van der Waals surface area contributed by atoms with E-state index in [1.54, 1.807) is 30.3 Å². The molecule has 5 rings (SSSR count). The maximum atomic E-state index is 12.9. The lowest BCUT2D eigenvalue weighted by atomic mass is 9.88. The van der Waals surface area contributed by atoms with Crippen molar-refractivity contribution in [1.29, 1.82) is 0 Å². The topological polar surface area (TPSA) is 118 Å². The first-order valence-electron chi connectivity index (χ1n) is 10.7. The SMILES string of the molecule is CS(=O)(=O)Nc1ccc2nc(CN3CCC(C(=O)c4ccc5nonc5c4)CC3)ccc2c1. The van der Waals surface area contributed by atoms with Gasteiger partial charge in [-0.3, -0.25) is 19.4 Å². The average Bonchev–Trinajstić information content (AvgIpc) is 3.26. The van der Waals surface area contributed by atoms with Crippen LogP contribution in [0.25, 0.3) is 21.9 Å². The number of hydrogen-bond donors (Lipinski definition) is 1.